The number of aliphatic hydroxyl groups is 1. The van der Waals surface area contributed by atoms with Crippen LogP contribution in [0.1, 0.15) is 32.6 Å². The average molecular weight is 169 g/mol. The van der Waals surface area contributed by atoms with Crippen LogP contribution < -0.4 is 0 Å². The summed E-state index contributed by atoms with van der Waals surface area (Å²) in [6, 6.07) is 0. The van der Waals surface area contributed by atoms with E-state index in [0.29, 0.717) is 13.0 Å². The fraction of sp³-hybridized carbons (Fsp3) is 0.889. The fourth-order valence-electron chi connectivity index (χ4n) is 2.61. The number of hydrogen-bond acceptors (Lipinski definition) is 2. The predicted octanol–water partition coefficient (Wildman–Crippen LogP) is 0.522. The van der Waals surface area contributed by atoms with Crippen molar-refractivity contribution in [2.75, 3.05) is 6.54 Å². The summed E-state index contributed by atoms with van der Waals surface area (Å²) in [6.07, 6.45) is 3.11. The summed E-state index contributed by atoms with van der Waals surface area (Å²) in [5.74, 6) is 0.230. The molecule has 2 aliphatic rings. The Morgan fingerprint density at radius 2 is 2.50 bits per heavy atom. The van der Waals surface area contributed by atoms with Crippen LogP contribution in [0, 0.1) is 0 Å². The minimum absolute atomic E-state index is 0.0243. The van der Waals surface area contributed by atoms with Gasteiger partial charge in [-0.15, -0.1) is 0 Å². The molecular weight excluding hydrogens is 154 g/mol. The van der Waals surface area contributed by atoms with Crippen molar-refractivity contribution in [3.63, 3.8) is 0 Å². The first-order valence-electron chi connectivity index (χ1n) is 4.66. The molecule has 68 valence electrons. The van der Waals surface area contributed by atoms with Crippen molar-refractivity contribution >= 4 is 5.91 Å². The van der Waals surface area contributed by atoms with Crippen LogP contribution in [0.15, 0.2) is 0 Å². The van der Waals surface area contributed by atoms with Gasteiger partial charge in [-0.1, -0.05) is 6.92 Å². The van der Waals surface area contributed by atoms with Crippen LogP contribution in [0.25, 0.3) is 0 Å². The average Bonchev–Trinajstić information content (AvgIpc) is 2.51. The minimum atomic E-state index is -0.283. The first-order valence-corrected chi connectivity index (χ1v) is 4.66. The molecule has 12 heavy (non-hydrogen) atoms. The van der Waals surface area contributed by atoms with Crippen LogP contribution in [0.5, 0.6) is 0 Å². The van der Waals surface area contributed by atoms with Gasteiger partial charge >= 0.3 is 0 Å². The highest BCUT2D eigenvalue weighted by molar-refractivity contribution is 5.80. The maximum Gasteiger partial charge on any atom is 0.223 e. The van der Waals surface area contributed by atoms with E-state index in [9.17, 15) is 9.90 Å². The Hall–Kier alpha value is -0.570. The van der Waals surface area contributed by atoms with Crippen molar-refractivity contribution in [2.24, 2.45) is 0 Å². The second kappa shape index (κ2) is 2.46. The molecule has 1 N–H and O–H groups in total. The lowest BCUT2D eigenvalue weighted by Gasteiger charge is -2.30. The molecule has 0 bridgehead atoms. The number of carbonyl (C=O) groups is 1. The van der Waals surface area contributed by atoms with Crippen LogP contribution in [0.3, 0.4) is 0 Å². The molecule has 2 atom stereocenters. The molecule has 0 aromatic rings. The minimum Gasteiger partial charge on any atom is -0.391 e. The molecule has 2 saturated heterocycles. The second-order valence-electron chi connectivity index (χ2n) is 3.94. The van der Waals surface area contributed by atoms with Gasteiger partial charge < -0.3 is 10.0 Å². The number of rotatable bonds is 1. The highest BCUT2D eigenvalue weighted by Gasteiger charge is 2.50. The Morgan fingerprint density at radius 3 is 3.08 bits per heavy atom. The van der Waals surface area contributed by atoms with Gasteiger partial charge in [0.1, 0.15) is 0 Å². The topological polar surface area (TPSA) is 40.5 Å². The summed E-state index contributed by atoms with van der Waals surface area (Å²) in [5, 5.41) is 9.46. The molecule has 0 unspecified atom stereocenters. The van der Waals surface area contributed by atoms with E-state index in [-0.39, 0.29) is 17.6 Å². The molecule has 0 aromatic carbocycles. The third-order valence-electron chi connectivity index (χ3n) is 3.34. The van der Waals surface area contributed by atoms with Gasteiger partial charge in [-0.3, -0.25) is 4.79 Å². The van der Waals surface area contributed by atoms with Gasteiger partial charge in [0.25, 0.3) is 0 Å². The van der Waals surface area contributed by atoms with Gasteiger partial charge in [0.05, 0.1) is 6.10 Å². The number of β-amino-alcohol motifs (C(OH)–C–C–N with tert-alkyl or cyclic N) is 1. The highest BCUT2D eigenvalue weighted by atomic mass is 16.3. The van der Waals surface area contributed by atoms with Crippen LogP contribution >= 0.6 is 0 Å². The van der Waals surface area contributed by atoms with Crippen LogP contribution in [0.4, 0.5) is 0 Å². The van der Waals surface area contributed by atoms with E-state index < -0.39 is 0 Å². The third-order valence-corrected chi connectivity index (χ3v) is 3.34. The van der Waals surface area contributed by atoms with Gasteiger partial charge in [0.15, 0.2) is 0 Å². The van der Waals surface area contributed by atoms with E-state index >= 15 is 0 Å². The Kier molecular flexibility index (Phi) is 1.65. The number of fused-ring (bicyclic) bond motifs is 1. The van der Waals surface area contributed by atoms with Gasteiger partial charge in [0, 0.05) is 18.5 Å². The Bertz CT molecular complexity index is 217. The maximum atomic E-state index is 11.4. The molecule has 2 fully saturated rings. The highest BCUT2D eigenvalue weighted by Crippen LogP contribution is 2.41. The lowest BCUT2D eigenvalue weighted by molar-refractivity contribution is -0.130. The summed E-state index contributed by atoms with van der Waals surface area (Å²) >= 11 is 0. The molecule has 0 saturated carbocycles. The van der Waals surface area contributed by atoms with Gasteiger partial charge in [-0.2, -0.15) is 0 Å². The molecule has 2 rings (SSSR count). The smallest absolute Gasteiger partial charge is 0.223 e. The summed E-state index contributed by atoms with van der Waals surface area (Å²) < 4.78 is 0. The summed E-state index contributed by atoms with van der Waals surface area (Å²) in [7, 11) is 0. The van der Waals surface area contributed by atoms with Crippen molar-refractivity contribution in [3.05, 3.63) is 0 Å². The van der Waals surface area contributed by atoms with Crippen molar-refractivity contribution in [1.29, 1.82) is 0 Å². The first kappa shape index (κ1) is 8.05. The molecular formula is C9H15NO2. The lowest BCUT2D eigenvalue weighted by Crippen LogP contribution is -2.39. The van der Waals surface area contributed by atoms with Crippen LogP contribution in [-0.4, -0.2) is 34.1 Å². The van der Waals surface area contributed by atoms with E-state index in [2.05, 4.69) is 6.92 Å². The largest absolute Gasteiger partial charge is 0.391 e. The first-order chi connectivity index (χ1) is 5.68. The standard InChI is InChI=1S/C9H15NO2/c1-2-9-4-3-8(12)10(9)6-7(11)5-9/h7,11H,2-6H2,1H3/t7-,9-/m0/s1. The summed E-state index contributed by atoms with van der Waals surface area (Å²) in [5.41, 5.74) is 0.0243. The monoisotopic (exact) mass is 169 g/mol. The Morgan fingerprint density at radius 1 is 1.75 bits per heavy atom. The zero-order chi connectivity index (χ0) is 8.77. The van der Waals surface area contributed by atoms with Crippen molar-refractivity contribution in [3.8, 4) is 0 Å². The normalized spacial score (nSPS) is 40.7. The Labute approximate surface area is 72.4 Å². The van der Waals surface area contributed by atoms with E-state index in [4.69, 9.17) is 0 Å². The second-order valence-corrected chi connectivity index (χ2v) is 3.94. The van der Waals surface area contributed by atoms with Crippen molar-refractivity contribution in [1.82, 2.24) is 4.90 Å². The molecule has 0 aromatic heterocycles. The maximum absolute atomic E-state index is 11.4. The van der Waals surface area contributed by atoms with E-state index in [1.807, 2.05) is 4.90 Å². The van der Waals surface area contributed by atoms with E-state index in [0.717, 1.165) is 19.3 Å². The quantitative estimate of drug-likeness (QED) is 0.621. The predicted molar refractivity (Wildman–Crippen MR) is 44.6 cm³/mol. The van der Waals surface area contributed by atoms with E-state index in [1.165, 1.54) is 0 Å². The number of amides is 1. The molecule has 0 aliphatic carbocycles. The van der Waals surface area contributed by atoms with Gasteiger partial charge in [0.2, 0.25) is 5.91 Å². The number of aliphatic hydroxyl groups excluding tert-OH is 1. The molecule has 0 spiro atoms. The van der Waals surface area contributed by atoms with Crippen molar-refractivity contribution in [2.45, 2.75) is 44.2 Å². The number of carbonyl (C=O) groups excluding carboxylic acids is 1. The molecule has 2 heterocycles. The zero-order valence-electron chi connectivity index (χ0n) is 7.42. The molecule has 3 nitrogen and oxygen atoms in total. The number of hydrogen-bond donors (Lipinski definition) is 1. The Balaban J connectivity index is 2.25. The fourth-order valence-corrected chi connectivity index (χ4v) is 2.61. The van der Waals surface area contributed by atoms with E-state index in [1.54, 1.807) is 0 Å². The number of nitrogens with zero attached hydrogens (tertiary/aromatic N) is 1. The van der Waals surface area contributed by atoms with Crippen molar-refractivity contribution < 1.29 is 9.90 Å². The van der Waals surface area contributed by atoms with Crippen LogP contribution in [-0.2, 0) is 4.79 Å². The zero-order valence-corrected chi connectivity index (χ0v) is 7.42. The van der Waals surface area contributed by atoms with Gasteiger partial charge in [-0.05, 0) is 19.3 Å². The van der Waals surface area contributed by atoms with Crippen LogP contribution in [0.2, 0.25) is 0 Å². The summed E-state index contributed by atoms with van der Waals surface area (Å²) in [6.45, 7) is 2.66. The lowest BCUT2D eigenvalue weighted by atomic mass is 9.91. The molecule has 0 radical (unpaired) electrons. The third kappa shape index (κ3) is 0.891. The molecule has 2 aliphatic heterocycles. The van der Waals surface area contributed by atoms with Gasteiger partial charge in [-0.25, -0.2) is 0 Å². The SMILES string of the molecule is CC[C@@]12CCC(=O)N1C[C@@H](O)C2. The summed E-state index contributed by atoms with van der Waals surface area (Å²) in [4.78, 5) is 13.3. The molecule has 1 amide bonds. The molecule has 3 heteroatoms.